The molecular formula is C7H12BrN3. The van der Waals surface area contributed by atoms with Crippen LogP contribution in [0.3, 0.4) is 0 Å². The highest BCUT2D eigenvalue weighted by Crippen LogP contribution is 1.98. The van der Waals surface area contributed by atoms with E-state index < -0.39 is 0 Å². The van der Waals surface area contributed by atoms with Crippen LogP contribution in [0.5, 0.6) is 0 Å². The number of hydrogen-bond acceptors (Lipinski definition) is 2. The van der Waals surface area contributed by atoms with Crippen molar-refractivity contribution in [2.75, 3.05) is 5.33 Å². The summed E-state index contributed by atoms with van der Waals surface area (Å²) in [4.78, 5) is 4.20. The highest BCUT2D eigenvalue weighted by Gasteiger charge is 1.99. The van der Waals surface area contributed by atoms with Gasteiger partial charge in [0, 0.05) is 11.9 Å². The summed E-state index contributed by atoms with van der Waals surface area (Å²) in [5.41, 5.74) is 0. The van der Waals surface area contributed by atoms with Crippen molar-refractivity contribution in [3.63, 3.8) is 0 Å². The number of aromatic nitrogens is 3. The van der Waals surface area contributed by atoms with Crippen LogP contribution in [0.1, 0.15) is 18.1 Å². The van der Waals surface area contributed by atoms with Crippen molar-refractivity contribution in [1.29, 1.82) is 0 Å². The second kappa shape index (κ2) is 3.85. The van der Waals surface area contributed by atoms with Crippen LogP contribution in [0.15, 0.2) is 0 Å². The van der Waals surface area contributed by atoms with Crippen LogP contribution in [-0.4, -0.2) is 20.1 Å². The summed E-state index contributed by atoms with van der Waals surface area (Å²) in [6.45, 7) is 4.85. The molecule has 0 fully saturated rings. The average molecular weight is 218 g/mol. The summed E-state index contributed by atoms with van der Waals surface area (Å²) >= 11 is 3.38. The summed E-state index contributed by atoms with van der Waals surface area (Å²) in [5.74, 6) is 1.86. The first-order valence-corrected chi connectivity index (χ1v) is 4.80. The largest absolute Gasteiger partial charge is 0.250 e. The Balaban J connectivity index is 2.62. The van der Waals surface area contributed by atoms with Crippen molar-refractivity contribution in [1.82, 2.24) is 14.8 Å². The molecule has 11 heavy (non-hydrogen) atoms. The number of hydrogen-bond donors (Lipinski definition) is 0. The van der Waals surface area contributed by atoms with Crippen LogP contribution in [0, 0.1) is 13.8 Å². The standard InChI is InChI=1S/C7H12BrN3/c1-6-9-7(2)11(10-6)5-3-4-8/h3-5H2,1-2H3. The van der Waals surface area contributed by atoms with E-state index in [1.807, 2.05) is 18.5 Å². The molecule has 0 unspecified atom stereocenters. The average Bonchev–Trinajstić information content (AvgIpc) is 2.26. The van der Waals surface area contributed by atoms with Gasteiger partial charge < -0.3 is 0 Å². The molecule has 0 aliphatic heterocycles. The molecule has 0 radical (unpaired) electrons. The number of aryl methyl sites for hydroxylation is 3. The van der Waals surface area contributed by atoms with Crippen LogP contribution in [0.4, 0.5) is 0 Å². The van der Waals surface area contributed by atoms with Crippen LogP contribution in [-0.2, 0) is 6.54 Å². The Kier molecular flexibility index (Phi) is 3.05. The summed E-state index contributed by atoms with van der Waals surface area (Å²) < 4.78 is 1.94. The minimum atomic E-state index is 0.858. The third-order valence-electron chi connectivity index (χ3n) is 1.47. The zero-order chi connectivity index (χ0) is 8.27. The predicted molar refractivity (Wildman–Crippen MR) is 47.9 cm³/mol. The van der Waals surface area contributed by atoms with E-state index in [4.69, 9.17) is 0 Å². The summed E-state index contributed by atoms with van der Waals surface area (Å²) in [7, 11) is 0. The van der Waals surface area contributed by atoms with Gasteiger partial charge in [0.25, 0.3) is 0 Å². The lowest BCUT2D eigenvalue weighted by Gasteiger charge is -1.98. The maximum Gasteiger partial charge on any atom is 0.147 e. The summed E-state index contributed by atoms with van der Waals surface area (Å²) in [6.07, 6.45) is 1.10. The van der Waals surface area contributed by atoms with Crippen LogP contribution in [0.2, 0.25) is 0 Å². The maximum absolute atomic E-state index is 4.23. The highest BCUT2D eigenvalue weighted by atomic mass is 79.9. The monoisotopic (exact) mass is 217 g/mol. The Labute approximate surface area is 75.0 Å². The lowest BCUT2D eigenvalue weighted by molar-refractivity contribution is 0.585. The smallest absolute Gasteiger partial charge is 0.147 e. The first-order valence-electron chi connectivity index (χ1n) is 3.68. The molecule has 0 atom stereocenters. The van der Waals surface area contributed by atoms with Gasteiger partial charge in [-0.25, -0.2) is 4.98 Å². The van der Waals surface area contributed by atoms with Gasteiger partial charge in [-0.05, 0) is 20.3 Å². The zero-order valence-electron chi connectivity index (χ0n) is 6.84. The maximum atomic E-state index is 4.23. The highest BCUT2D eigenvalue weighted by molar-refractivity contribution is 9.09. The van der Waals surface area contributed by atoms with Gasteiger partial charge >= 0.3 is 0 Å². The second-order valence-corrected chi connectivity index (χ2v) is 3.26. The van der Waals surface area contributed by atoms with Crippen molar-refractivity contribution in [3.05, 3.63) is 11.6 Å². The van der Waals surface area contributed by atoms with E-state index in [9.17, 15) is 0 Å². The Bertz CT molecular complexity index is 232. The molecule has 0 spiro atoms. The molecule has 0 bridgehead atoms. The Morgan fingerprint density at radius 3 is 2.64 bits per heavy atom. The molecule has 0 saturated carbocycles. The van der Waals surface area contributed by atoms with E-state index in [0.29, 0.717) is 0 Å². The van der Waals surface area contributed by atoms with Gasteiger partial charge in [0.2, 0.25) is 0 Å². The quantitative estimate of drug-likeness (QED) is 0.722. The van der Waals surface area contributed by atoms with E-state index in [1.165, 1.54) is 0 Å². The van der Waals surface area contributed by atoms with Gasteiger partial charge in [-0.15, -0.1) is 0 Å². The predicted octanol–water partition coefficient (Wildman–Crippen LogP) is 1.68. The van der Waals surface area contributed by atoms with Gasteiger partial charge in [-0.3, -0.25) is 4.68 Å². The molecule has 0 N–H and O–H groups in total. The molecule has 1 aromatic heterocycles. The zero-order valence-corrected chi connectivity index (χ0v) is 8.43. The van der Waals surface area contributed by atoms with Crippen molar-refractivity contribution in [3.8, 4) is 0 Å². The molecular weight excluding hydrogens is 206 g/mol. The second-order valence-electron chi connectivity index (χ2n) is 2.47. The van der Waals surface area contributed by atoms with E-state index in [1.54, 1.807) is 0 Å². The van der Waals surface area contributed by atoms with Crippen molar-refractivity contribution < 1.29 is 0 Å². The molecule has 1 heterocycles. The number of halogens is 1. The van der Waals surface area contributed by atoms with E-state index in [0.717, 1.165) is 29.9 Å². The summed E-state index contributed by atoms with van der Waals surface area (Å²) in [5, 5.41) is 5.25. The Morgan fingerprint density at radius 1 is 1.45 bits per heavy atom. The van der Waals surface area contributed by atoms with Gasteiger partial charge in [0.15, 0.2) is 0 Å². The molecule has 4 heteroatoms. The molecule has 1 rings (SSSR count). The van der Waals surface area contributed by atoms with Crippen molar-refractivity contribution >= 4 is 15.9 Å². The lowest BCUT2D eigenvalue weighted by atomic mass is 10.5. The van der Waals surface area contributed by atoms with Crippen molar-refractivity contribution in [2.24, 2.45) is 0 Å². The lowest BCUT2D eigenvalue weighted by Crippen LogP contribution is -2.02. The third-order valence-corrected chi connectivity index (χ3v) is 2.03. The fourth-order valence-electron chi connectivity index (χ4n) is 0.983. The number of rotatable bonds is 3. The van der Waals surface area contributed by atoms with E-state index >= 15 is 0 Å². The van der Waals surface area contributed by atoms with Gasteiger partial charge in [0.1, 0.15) is 11.6 Å². The number of nitrogens with zero attached hydrogens (tertiary/aromatic N) is 3. The normalized spacial score (nSPS) is 10.5. The fraction of sp³-hybridized carbons (Fsp3) is 0.714. The third kappa shape index (κ3) is 2.29. The topological polar surface area (TPSA) is 30.7 Å². The van der Waals surface area contributed by atoms with Gasteiger partial charge in [-0.1, -0.05) is 15.9 Å². The minimum absolute atomic E-state index is 0.858. The number of alkyl halides is 1. The molecule has 3 nitrogen and oxygen atoms in total. The first kappa shape index (κ1) is 8.71. The molecule has 0 saturated heterocycles. The van der Waals surface area contributed by atoms with Gasteiger partial charge in [0.05, 0.1) is 0 Å². The van der Waals surface area contributed by atoms with Crippen LogP contribution < -0.4 is 0 Å². The Hall–Kier alpha value is -0.380. The molecule has 0 amide bonds. The van der Waals surface area contributed by atoms with Crippen LogP contribution >= 0.6 is 15.9 Å². The molecule has 0 aromatic carbocycles. The Morgan fingerprint density at radius 2 is 2.18 bits per heavy atom. The van der Waals surface area contributed by atoms with Crippen molar-refractivity contribution in [2.45, 2.75) is 26.8 Å². The molecule has 62 valence electrons. The molecule has 0 aliphatic carbocycles. The molecule has 0 aliphatic rings. The van der Waals surface area contributed by atoms with E-state index in [-0.39, 0.29) is 0 Å². The summed E-state index contributed by atoms with van der Waals surface area (Å²) in [6, 6.07) is 0. The fourth-order valence-corrected chi connectivity index (χ4v) is 1.23. The van der Waals surface area contributed by atoms with Crippen LogP contribution in [0.25, 0.3) is 0 Å². The SMILES string of the molecule is Cc1nc(C)n(CCCBr)n1. The first-order chi connectivity index (χ1) is 5.24. The van der Waals surface area contributed by atoms with Gasteiger partial charge in [-0.2, -0.15) is 5.10 Å². The molecule has 1 aromatic rings. The minimum Gasteiger partial charge on any atom is -0.250 e. The van der Waals surface area contributed by atoms with E-state index in [2.05, 4.69) is 26.0 Å².